The molecule has 27 heavy (non-hydrogen) atoms. The van der Waals surface area contributed by atoms with Gasteiger partial charge in [-0.3, -0.25) is 4.79 Å². The average Bonchev–Trinajstić information content (AvgIpc) is 3.26. The zero-order valence-corrected chi connectivity index (χ0v) is 15.9. The second-order valence-corrected chi connectivity index (χ2v) is 8.40. The monoisotopic (exact) mass is 367 g/mol. The molecule has 1 saturated heterocycles. The van der Waals surface area contributed by atoms with Crippen molar-refractivity contribution in [2.45, 2.75) is 44.6 Å². The van der Waals surface area contributed by atoms with Gasteiger partial charge >= 0.3 is 0 Å². The Morgan fingerprint density at radius 2 is 1.81 bits per heavy atom. The van der Waals surface area contributed by atoms with E-state index in [0.29, 0.717) is 6.04 Å². The number of anilines is 1. The van der Waals surface area contributed by atoms with Crippen LogP contribution in [0.3, 0.4) is 0 Å². The molecule has 1 saturated carbocycles. The van der Waals surface area contributed by atoms with Crippen LogP contribution in [0.25, 0.3) is 0 Å². The molecule has 2 aromatic rings. The number of nitrogens with zero attached hydrogens (tertiary/aromatic N) is 2. The molecule has 1 aromatic carbocycles. The van der Waals surface area contributed by atoms with E-state index in [2.05, 4.69) is 24.1 Å². The summed E-state index contributed by atoms with van der Waals surface area (Å²) in [5.41, 5.74) is 0.333. The maximum Gasteiger partial charge on any atom is 0.233 e. The molecule has 1 aliphatic carbocycles. The van der Waals surface area contributed by atoms with Gasteiger partial charge in [0.25, 0.3) is 0 Å². The Kier molecular flexibility index (Phi) is 4.41. The number of carbonyl (C=O) groups excluding carboxylic acids is 1. The number of halogens is 1. The van der Waals surface area contributed by atoms with Gasteiger partial charge in [0.15, 0.2) is 0 Å². The maximum absolute atomic E-state index is 13.4. The summed E-state index contributed by atoms with van der Waals surface area (Å²) in [4.78, 5) is 19.8. The normalized spacial score (nSPS) is 24.5. The minimum absolute atomic E-state index is 0.0923. The molecule has 4 nitrogen and oxygen atoms in total. The highest BCUT2D eigenvalue weighted by molar-refractivity contribution is 5.93. The Morgan fingerprint density at radius 3 is 2.37 bits per heavy atom. The Morgan fingerprint density at radius 1 is 1.15 bits per heavy atom. The van der Waals surface area contributed by atoms with Crippen LogP contribution in [0, 0.1) is 11.2 Å². The van der Waals surface area contributed by atoms with Gasteiger partial charge < -0.3 is 10.2 Å². The average molecular weight is 367 g/mol. The molecule has 0 spiro atoms. The number of nitrogens with one attached hydrogen (secondary N) is 1. The van der Waals surface area contributed by atoms with Crippen molar-refractivity contribution in [3.8, 4) is 0 Å². The van der Waals surface area contributed by atoms with Crippen LogP contribution in [-0.4, -0.2) is 34.9 Å². The summed E-state index contributed by atoms with van der Waals surface area (Å²) in [5.74, 6) is 0.810. The summed E-state index contributed by atoms with van der Waals surface area (Å²) in [6.45, 7) is 5.73. The SMILES string of the molecule is CC1(C)C[C@]1(C(=O)N1CCC(Nc2ccccn2)CC1)c1ccc(F)cc1. The predicted molar refractivity (Wildman–Crippen MR) is 104 cm³/mol. The minimum Gasteiger partial charge on any atom is -0.367 e. The molecule has 1 amide bonds. The van der Waals surface area contributed by atoms with Crippen LogP contribution in [0.2, 0.25) is 0 Å². The lowest BCUT2D eigenvalue weighted by Gasteiger charge is -2.36. The number of aromatic nitrogens is 1. The number of piperidine rings is 1. The Bertz CT molecular complexity index is 813. The molecule has 1 atom stereocenters. The van der Waals surface area contributed by atoms with E-state index in [4.69, 9.17) is 0 Å². The van der Waals surface area contributed by atoms with Crippen LogP contribution in [0.5, 0.6) is 0 Å². The maximum atomic E-state index is 13.4. The van der Waals surface area contributed by atoms with E-state index in [-0.39, 0.29) is 17.1 Å². The van der Waals surface area contributed by atoms with Crippen molar-refractivity contribution in [1.29, 1.82) is 0 Å². The van der Waals surface area contributed by atoms with Crippen LogP contribution in [0.1, 0.15) is 38.7 Å². The number of amides is 1. The molecule has 1 aliphatic heterocycles. The van der Waals surface area contributed by atoms with E-state index >= 15 is 0 Å². The van der Waals surface area contributed by atoms with Gasteiger partial charge in [0.2, 0.25) is 5.91 Å². The lowest BCUT2D eigenvalue weighted by Crippen LogP contribution is -2.47. The van der Waals surface area contributed by atoms with Crippen molar-refractivity contribution < 1.29 is 9.18 Å². The molecule has 1 N–H and O–H groups in total. The molecule has 2 fully saturated rings. The van der Waals surface area contributed by atoms with Crippen LogP contribution in [0.15, 0.2) is 48.7 Å². The van der Waals surface area contributed by atoms with Crippen LogP contribution in [-0.2, 0) is 10.2 Å². The summed E-state index contributed by atoms with van der Waals surface area (Å²) >= 11 is 0. The minimum atomic E-state index is -0.512. The first-order chi connectivity index (χ1) is 12.9. The Hall–Kier alpha value is -2.43. The third kappa shape index (κ3) is 3.20. The highest BCUT2D eigenvalue weighted by Crippen LogP contribution is 2.65. The highest BCUT2D eigenvalue weighted by Gasteiger charge is 2.68. The van der Waals surface area contributed by atoms with Gasteiger partial charge in [-0.1, -0.05) is 32.0 Å². The van der Waals surface area contributed by atoms with E-state index in [1.54, 1.807) is 18.3 Å². The van der Waals surface area contributed by atoms with E-state index in [0.717, 1.165) is 43.7 Å². The zero-order chi connectivity index (χ0) is 19.1. The summed E-state index contributed by atoms with van der Waals surface area (Å²) in [7, 11) is 0. The molecule has 1 aromatic heterocycles. The van der Waals surface area contributed by atoms with Crippen LogP contribution in [0.4, 0.5) is 10.2 Å². The van der Waals surface area contributed by atoms with E-state index in [1.807, 2.05) is 23.1 Å². The predicted octanol–water partition coefficient (Wildman–Crippen LogP) is 3.99. The van der Waals surface area contributed by atoms with E-state index < -0.39 is 5.41 Å². The first-order valence-electron chi connectivity index (χ1n) is 9.65. The van der Waals surface area contributed by atoms with Crippen molar-refractivity contribution in [2.75, 3.05) is 18.4 Å². The zero-order valence-electron chi connectivity index (χ0n) is 15.9. The molecular weight excluding hydrogens is 341 g/mol. The third-order valence-corrected chi connectivity index (χ3v) is 6.24. The molecule has 0 unspecified atom stereocenters. The van der Waals surface area contributed by atoms with Gasteiger partial charge in [-0.05, 0) is 54.5 Å². The summed E-state index contributed by atoms with van der Waals surface area (Å²) in [6.07, 6.45) is 4.41. The van der Waals surface area contributed by atoms with Crippen molar-refractivity contribution in [3.05, 3.63) is 60.0 Å². The number of benzene rings is 1. The molecule has 0 radical (unpaired) electrons. The molecule has 4 rings (SSSR count). The number of pyridine rings is 1. The molecule has 2 heterocycles. The number of hydrogen-bond acceptors (Lipinski definition) is 3. The van der Waals surface area contributed by atoms with Crippen molar-refractivity contribution >= 4 is 11.7 Å². The fraction of sp³-hybridized carbons (Fsp3) is 0.455. The smallest absolute Gasteiger partial charge is 0.233 e. The molecule has 5 heteroatoms. The second-order valence-electron chi connectivity index (χ2n) is 8.40. The van der Waals surface area contributed by atoms with Crippen molar-refractivity contribution in [3.63, 3.8) is 0 Å². The molecule has 2 aliphatic rings. The van der Waals surface area contributed by atoms with Crippen LogP contribution >= 0.6 is 0 Å². The van der Waals surface area contributed by atoms with Crippen molar-refractivity contribution in [2.24, 2.45) is 5.41 Å². The molecular formula is C22H26FN3O. The number of rotatable bonds is 4. The molecule has 0 bridgehead atoms. The fourth-order valence-corrected chi connectivity index (χ4v) is 4.49. The largest absolute Gasteiger partial charge is 0.367 e. The van der Waals surface area contributed by atoms with Gasteiger partial charge in [-0.15, -0.1) is 0 Å². The number of likely N-dealkylation sites (tertiary alicyclic amines) is 1. The van der Waals surface area contributed by atoms with Crippen molar-refractivity contribution in [1.82, 2.24) is 9.88 Å². The summed E-state index contributed by atoms with van der Waals surface area (Å²) in [5, 5.41) is 3.46. The van der Waals surface area contributed by atoms with Crippen LogP contribution < -0.4 is 5.32 Å². The quantitative estimate of drug-likeness (QED) is 0.889. The molecule has 142 valence electrons. The van der Waals surface area contributed by atoms with Gasteiger partial charge in [-0.25, -0.2) is 9.37 Å². The van der Waals surface area contributed by atoms with Gasteiger partial charge in [0.05, 0.1) is 5.41 Å². The Balaban J connectivity index is 1.44. The topological polar surface area (TPSA) is 45.2 Å². The standard InChI is InChI=1S/C22H26FN3O/c1-21(2)15-22(21,16-6-8-17(23)9-7-16)20(27)26-13-10-18(11-14-26)25-19-5-3-4-12-24-19/h3-9,12,18H,10-11,13-15H2,1-2H3,(H,24,25)/t22-/m1/s1. The first-order valence-corrected chi connectivity index (χ1v) is 9.65. The van der Waals surface area contributed by atoms with Gasteiger partial charge in [-0.2, -0.15) is 0 Å². The third-order valence-electron chi connectivity index (χ3n) is 6.24. The Labute approximate surface area is 159 Å². The lowest BCUT2D eigenvalue weighted by atomic mass is 9.85. The highest BCUT2D eigenvalue weighted by atomic mass is 19.1. The lowest BCUT2D eigenvalue weighted by molar-refractivity contribution is -0.135. The summed E-state index contributed by atoms with van der Waals surface area (Å²) < 4.78 is 13.4. The first kappa shape index (κ1) is 18.0. The van der Waals surface area contributed by atoms with Gasteiger partial charge in [0.1, 0.15) is 11.6 Å². The second kappa shape index (κ2) is 6.63. The van der Waals surface area contributed by atoms with E-state index in [9.17, 15) is 9.18 Å². The number of carbonyl (C=O) groups is 1. The summed E-state index contributed by atoms with van der Waals surface area (Å²) in [6, 6.07) is 12.6. The number of hydrogen-bond donors (Lipinski definition) is 1. The van der Waals surface area contributed by atoms with E-state index in [1.165, 1.54) is 12.1 Å². The van der Waals surface area contributed by atoms with Gasteiger partial charge in [0, 0.05) is 25.3 Å². The fourth-order valence-electron chi connectivity index (χ4n) is 4.49.